The molecule has 1 nitrogen and oxygen atoms in total. The van der Waals surface area contributed by atoms with Crippen molar-refractivity contribution in [2.24, 2.45) is 0 Å². The first-order chi connectivity index (χ1) is 8.74. The first-order valence-corrected chi connectivity index (χ1v) is 10.9. The Morgan fingerprint density at radius 2 is 1.11 bits per heavy atom. The zero-order valence-corrected chi connectivity index (χ0v) is 14.4. The zero-order valence-electron chi connectivity index (χ0n) is 13.4. The van der Waals surface area contributed by atoms with Gasteiger partial charge in [-0.2, -0.15) is 0 Å². The van der Waals surface area contributed by atoms with E-state index in [0.29, 0.717) is 0 Å². The summed E-state index contributed by atoms with van der Waals surface area (Å²) in [5.41, 5.74) is 0. The molecule has 2 heteroatoms. The summed E-state index contributed by atoms with van der Waals surface area (Å²) < 4.78 is 6.35. The fourth-order valence-corrected chi connectivity index (χ4v) is 7.46. The summed E-state index contributed by atoms with van der Waals surface area (Å²) in [6, 6.07) is 4.23. The average Bonchev–Trinajstić information content (AvgIpc) is 2.39. The third-order valence-electron chi connectivity index (χ3n) is 3.91. The molecular weight excluding hydrogens is 236 g/mol. The first-order valence-electron chi connectivity index (χ1n) is 8.38. The van der Waals surface area contributed by atoms with E-state index in [9.17, 15) is 0 Å². The van der Waals surface area contributed by atoms with E-state index in [1.165, 1.54) is 69.5 Å². The minimum atomic E-state index is -1.39. The molecule has 0 N–H and O–H groups in total. The molecule has 0 aromatic carbocycles. The monoisotopic (exact) mass is 272 g/mol. The lowest BCUT2D eigenvalue weighted by molar-refractivity contribution is 0.314. The lowest BCUT2D eigenvalue weighted by atomic mass is 10.2. The second-order valence-electron chi connectivity index (χ2n) is 5.63. The average molecular weight is 273 g/mol. The molecule has 0 aromatic heterocycles. The summed E-state index contributed by atoms with van der Waals surface area (Å²) in [5, 5.41) is 0. The highest BCUT2D eigenvalue weighted by Crippen LogP contribution is 2.29. The van der Waals surface area contributed by atoms with Crippen LogP contribution in [0, 0.1) is 0 Å². The molecule has 0 unspecified atom stereocenters. The van der Waals surface area contributed by atoms with Crippen LogP contribution < -0.4 is 0 Å². The Kier molecular flexibility index (Phi) is 12.3. The van der Waals surface area contributed by atoms with Crippen molar-refractivity contribution in [3.05, 3.63) is 0 Å². The highest BCUT2D eigenvalue weighted by molar-refractivity contribution is 6.73. The molecule has 0 aromatic rings. The molecule has 110 valence electrons. The summed E-state index contributed by atoms with van der Waals surface area (Å²) in [6.45, 7) is 10.0. The zero-order chi connectivity index (χ0) is 13.7. The Morgan fingerprint density at radius 3 is 1.56 bits per heavy atom. The van der Waals surface area contributed by atoms with Crippen LogP contribution in [0.25, 0.3) is 0 Å². The molecule has 0 rings (SSSR count). The van der Waals surface area contributed by atoms with Gasteiger partial charge >= 0.3 is 0 Å². The Bertz CT molecular complexity index is 162. The van der Waals surface area contributed by atoms with E-state index in [-0.39, 0.29) is 0 Å². The summed E-state index contributed by atoms with van der Waals surface area (Å²) in [4.78, 5) is 0. The van der Waals surface area contributed by atoms with Crippen LogP contribution in [0.5, 0.6) is 0 Å². The molecule has 0 radical (unpaired) electrons. The van der Waals surface area contributed by atoms with Gasteiger partial charge in [0.1, 0.15) is 0 Å². The Hall–Kier alpha value is 0.177. The maximum Gasteiger partial charge on any atom is 0.192 e. The van der Waals surface area contributed by atoms with Crippen molar-refractivity contribution in [3.8, 4) is 0 Å². The molecule has 0 saturated heterocycles. The lowest BCUT2D eigenvalue weighted by Crippen LogP contribution is -2.38. The van der Waals surface area contributed by atoms with Crippen molar-refractivity contribution in [2.45, 2.75) is 97.2 Å². The molecule has 0 saturated carbocycles. The maximum absolute atomic E-state index is 6.35. The number of hydrogen-bond donors (Lipinski definition) is 0. The van der Waals surface area contributed by atoms with Crippen molar-refractivity contribution >= 4 is 8.32 Å². The van der Waals surface area contributed by atoms with Gasteiger partial charge in [0, 0.05) is 6.61 Å². The van der Waals surface area contributed by atoms with E-state index in [1.807, 2.05) is 0 Å². The minimum Gasteiger partial charge on any atom is -0.417 e. The van der Waals surface area contributed by atoms with E-state index in [2.05, 4.69) is 27.7 Å². The summed E-state index contributed by atoms with van der Waals surface area (Å²) >= 11 is 0. The van der Waals surface area contributed by atoms with E-state index in [1.54, 1.807) is 0 Å². The largest absolute Gasteiger partial charge is 0.417 e. The lowest BCUT2D eigenvalue weighted by Gasteiger charge is -2.31. The Morgan fingerprint density at radius 1 is 0.611 bits per heavy atom. The molecule has 0 aliphatic rings. The summed E-state index contributed by atoms with van der Waals surface area (Å²) in [5.74, 6) is 0. The topological polar surface area (TPSA) is 9.23 Å². The van der Waals surface area contributed by atoms with E-state index in [4.69, 9.17) is 4.43 Å². The fourth-order valence-electron chi connectivity index (χ4n) is 2.77. The van der Waals surface area contributed by atoms with Crippen molar-refractivity contribution in [1.82, 2.24) is 0 Å². The molecule has 0 amide bonds. The highest BCUT2D eigenvalue weighted by atomic mass is 28.4. The molecule has 0 aliphatic heterocycles. The van der Waals surface area contributed by atoms with Gasteiger partial charge in [0.2, 0.25) is 0 Å². The van der Waals surface area contributed by atoms with Crippen LogP contribution in [0.1, 0.15) is 79.1 Å². The van der Waals surface area contributed by atoms with Crippen LogP contribution in [0.15, 0.2) is 0 Å². The van der Waals surface area contributed by atoms with Crippen LogP contribution in [0.4, 0.5) is 0 Å². The smallest absolute Gasteiger partial charge is 0.192 e. The SMILES string of the molecule is CCCCCC[Si](CCCC)(CCCC)OCC. The standard InChI is InChI=1S/C16H36OSi/c1-5-9-12-13-16-18(17-8-4,14-10-6-2)15-11-7-3/h5-16H2,1-4H3. The summed E-state index contributed by atoms with van der Waals surface area (Å²) in [7, 11) is -1.39. The van der Waals surface area contributed by atoms with Gasteiger partial charge in [-0.3, -0.25) is 0 Å². The number of unbranched alkanes of at least 4 members (excludes halogenated alkanes) is 5. The number of hydrogen-bond acceptors (Lipinski definition) is 1. The van der Waals surface area contributed by atoms with E-state index in [0.717, 1.165) is 6.61 Å². The normalized spacial score (nSPS) is 12.0. The van der Waals surface area contributed by atoms with E-state index >= 15 is 0 Å². The molecule has 0 fully saturated rings. The molecule has 0 aliphatic carbocycles. The van der Waals surface area contributed by atoms with Gasteiger partial charge in [0.25, 0.3) is 0 Å². The quantitative estimate of drug-likeness (QED) is 0.289. The van der Waals surface area contributed by atoms with Gasteiger partial charge < -0.3 is 4.43 Å². The maximum atomic E-state index is 6.35. The van der Waals surface area contributed by atoms with Crippen LogP contribution in [-0.2, 0) is 4.43 Å². The van der Waals surface area contributed by atoms with Crippen LogP contribution in [-0.4, -0.2) is 14.9 Å². The molecule has 0 spiro atoms. The molecule has 0 atom stereocenters. The number of rotatable bonds is 13. The predicted molar refractivity (Wildman–Crippen MR) is 85.8 cm³/mol. The van der Waals surface area contributed by atoms with Gasteiger partial charge in [-0.1, -0.05) is 72.1 Å². The highest BCUT2D eigenvalue weighted by Gasteiger charge is 2.32. The van der Waals surface area contributed by atoms with Gasteiger partial charge in [0.15, 0.2) is 8.32 Å². The molecule has 0 bridgehead atoms. The molecular formula is C16H36OSi. The van der Waals surface area contributed by atoms with Crippen molar-refractivity contribution in [2.75, 3.05) is 6.61 Å². The van der Waals surface area contributed by atoms with Gasteiger partial charge in [-0.05, 0) is 25.1 Å². The third-order valence-corrected chi connectivity index (χ3v) is 8.60. The van der Waals surface area contributed by atoms with Crippen molar-refractivity contribution in [3.63, 3.8) is 0 Å². The fraction of sp³-hybridized carbons (Fsp3) is 1.00. The van der Waals surface area contributed by atoms with Crippen molar-refractivity contribution < 1.29 is 4.43 Å². The van der Waals surface area contributed by atoms with Crippen LogP contribution in [0.3, 0.4) is 0 Å². The Labute approximate surface area is 117 Å². The second kappa shape index (κ2) is 12.2. The first kappa shape index (κ1) is 18.2. The van der Waals surface area contributed by atoms with Gasteiger partial charge in [0.05, 0.1) is 0 Å². The predicted octanol–water partition coefficient (Wildman–Crippen LogP) is 6.15. The third kappa shape index (κ3) is 8.31. The van der Waals surface area contributed by atoms with Crippen LogP contribution >= 0.6 is 0 Å². The minimum absolute atomic E-state index is 0.938. The molecule has 18 heavy (non-hydrogen) atoms. The molecule has 0 heterocycles. The van der Waals surface area contributed by atoms with Gasteiger partial charge in [-0.15, -0.1) is 0 Å². The van der Waals surface area contributed by atoms with Crippen LogP contribution in [0.2, 0.25) is 18.1 Å². The van der Waals surface area contributed by atoms with Crippen molar-refractivity contribution in [1.29, 1.82) is 0 Å². The van der Waals surface area contributed by atoms with Gasteiger partial charge in [-0.25, -0.2) is 0 Å². The van der Waals surface area contributed by atoms with E-state index < -0.39 is 8.32 Å². The second-order valence-corrected chi connectivity index (χ2v) is 9.79. The summed E-state index contributed by atoms with van der Waals surface area (Å²) in [6.07, 6.45) is 11.0. The Balaban J connectivity index is 4.29.